The normalized spacial score (nSPS) is 10.8. The molecule has 0 saturated carbocycles. The van der Waals surface area contributed by atoms with E-state index in [0.29, 0.717) is 0 Å². The maximum absolute atomic E-state index is 6.10. The van der Waals surface area contributed by atoms with Crippen molar-refractivity contribution in [2.75, 3.05) is 7.11 Å². The van der Waals surface area contributed by atoms with Crippen LogP contribution in [0.15, 0.2) is 17.5 Å². The van der Waals surface area contributed by atoms with Crippen molar-refractivity contribution in [3.63, 3.8) is 0 Å². The zero-order chi connectivity index (χ0) is 10.1. The molecule has 1 nitrogen and oxygen atoms in total. The zero-order valence-electron chi connectivity index (χ0n) is 7.51. The van der Waals surface area contributed by atoms with Gasteiger partial charge in [-0.2, -0.15) is 0 Å². The Hall–Kier alpha value is -0.250. The molecule has 0 bridgehead atoms. The SMILES string of the molecule is COc1csc2c(Cl)ccc(CBr)c12. The molecule has 74 valence electrons. The summed E-state index contributed by atoms with van der Waals surface area (Å²) in [6.07, 6.45) is 0. The highest BCUT2D eigenvalue weighted by molar-refractivity contribution is 9.08. The van der Waals surface area contributed by atoms with Crippen molar-refractivity contribution in [3.8, 4) is 5.75 Å². The van der Waals surface area contributed by atoms with Crippen molar-refractivity contribution in [2.45, 2.75) is 5.33 Å². The van der Waals surface area contributed by atoms with E-state index in [0.717, 1.165) is 26.2 Å². The molecule has 1 aromatic heterocycles. The summed E-state index contributed by atoms with van der Waals surface area (Å²) >= 11 is 11.2. The molecule has 0 fully saturated rings. The summed E-state index contributed by atoms with van der Waals surface area (Å²) in [6, 6.07) is 3.95. The van der Waals surface area contributed by atoms with E-state index in [1.165, 1.54) is 5.56 Å². The summed E-state index contributed by atoms with van der Waals surface area (Å²) in [7, 11) is 1.68. The van der Waals surface area contributed by atoms with Gasteiger partial charge in [-0.25, -0.2) is 0 Å². The highest BCUT2D eigenvalue weighted by Gasteiger charge is 2.11. The number of fused-ring (bicyclic) bond motifs is 1. The van der Waals surface area contributed by atoms with Crippen LogP contribution >= 0.6 is 38.9 Å². The molecule has 14 heavy (non-hydrogen) atoms. The van der Waals surface area contributed by atoms with Gasteiger partial charge in [-0.15, -0.1) is 11.3 Å². The van der Waals surface area contributed by atoms with Crippen molar-refractivity contribution < 1.29 is 4.74 Å². The number of hydrogen-bond acceptors (Lipinski definition) is 2. The first-order valence-electron chi connectivity index (χ1n) is 4.06. The number of halogens is 2. The van der Waals surface area contributed by atoms with Crippen molar-refractivity contribution in [2.24, 2.45) is 0 Å². The van der Waals surface area contributed by atoms with Crippen molar-refractivity contribution >= 4 is 49.0 Å². The lowest BCUT2D eigenvalue weighted by Gasteiger charge is -2.03. The number of thiophene rings is 1. The monoisotopic (exact) mass is 290 g/mol. The second-order valence-corrected chi connectivity index (χ2v) is 4.70. The third kappa shape index (κ3) is 1.53. The molecule has 0 amide bonds. The first-order valence-corrected chi connectivity index (χ1v) is 6.44. The largest absolute Gasteiger partial charge is 0.495 e. The van der Waals surface area contributed by atoms with Crippen LogP contribution in [0.1, 0.15) is 5.56 Å². The molecule has 0 N–H and O–H groups in total. The van der Waals surface area contributed by atoms with Gasteiger partial charge in [0.1, 0.15) is 5.75 Å². The van der Waals surface area contributed by atoms with Gasteiger partial charge in [0.25, 0.3) is 0 Å². The van der Waals surface area contributed by atoms with Gasteiger partial charge >= 0.3 is 0 Å². The van der Waals surface area contributed by atoms with Crippen molar-refractivity contribution in [1.29, 1.82) is 0 Å². The Morgan fingerprint density at radius 3 is 2.93 bits per heavy atom. The summed E-state index contributed by atoms with van der Waals surface area (Å²) in [5, 5.41) is 4.72. The van der Waals surface area contributed by atoms with Crippen molar-refractivity contribution in [3.05, 3.63) is 28.1 Å². The Morgan fingerprint density at radius 2 is 2.29 bits per heavy atom. The van der Waals surface area contributed by atoms with E-state index >= 15 is 0 Å². The highest BCUT2D eigenvalue weighted by Crippen LogP contribution is 2.39. The number of hydrogen-bond donors (Lipinski definition) is 0. The van der Waals surface area contributed by atoms with E-state index in [9.17, 15) is 0 Å². The van der Waals surface area contributed by atoms with Crippen LogP contribution in [0.2, 0.25) is 5.02 Å². The Balaban J connectivity index is 2.82. The van der Waals surface area contributed by atoms with E-state index in [-0.39, 0.29) is 0 Å². The fourth-order valence-corrected chi connectivity index (χ4v) is 3.14. The summed E-state index contributed by atoms with van der Waals surface area (Å²) < 4.78 is 6.39. The number of alkyl halides is 1. The lowest BCUT2D eigenvalue weighted by Crippen LogP contribution is -1.84. The van der Waals surface area contributed by atoms with Crippen LogP contribution in [-0.4, -0.2) is 7.11 Å². The number of rotatable bonds is 2. The van der Waals surface area contributed by atoms with Gasteiger partial charge in [0.05, 0.1) is 16.8 Å². The fraction of sp³-hybridized carbons (Fsp3) is 0.200. The molecule has 0 radical (unpaired) electrons. The van der Waals surface area contributed by atoms with Crippen LogP contribution < -0.4 is 4.74 Å². The molecule has 0 aliphatic rings. The Bertz CT molecular complexity index is 466. The molecule has 0 aliphatic carbocycles. The fourth-order valence-electron chi connectivity index (χ4n) is 1.42. The van der Waals surface area contributed by atoms with Gasteiger partial charge in [-0.3, -0.25) is 0 Å². The van der Waals surface area contributed by atoms with Crippen LogP contribution in [-0.2, 0) is 5.33 Å². The average Bonchev–Trinajstić information content (AvgIpc) is 2.63. The first-order chi connectivity index (χ1) is 6.77. The molecule has 0 saturated heterocycles. The summed E-state index contributed by atoms with van der Waals surface area (Å²) in [4.78, 5) is 0. The van der Waals surface area contributed by atoms with E-state index in [1.54, 1.807) is 18.4 Å². The van der Waals surface area contributed by atoms with Gasteiger partial charge in [-0.05, 0) is 11.6 Å². The van der Waals surface area contributed by atoms with E-state index < -0.39 is 0 Å². The van der Waals surface area contributed by atoms with Crippen LogP contribution in [0, 0.1) is 0 Å². The number of methoxy groups -OCH3 is 1. The minimum absolute atomic E-state index is 0.790. The summed E-state index contributed by atoms with van der Waals surface area (Å²) in [6.45, 7) is 0. The van der Waals surface area contributed by atoms with Gasteiger partial charge in [0.15, 0.2) is 0 Å². The first kappa shape index (κ1) is 10.3. The van der Waals surface area contributed by atoms with Gasteiger partial charge in [0.2, 0.25) is 0 Å². The standard InChI is InChI=1S/C10H8BrClOS/c1-13-8-5-14-10-7(12)3-2-6(4-11)9(8)10/h2-3,5H,4H2,1H3. The highest BCUT2D eigenvalue weighted by atomic mass is 79.9. The number of ether oxygens (including phenoxy) is 1. The molecule has 1 aromatic carbocycles. The van der Waals surface area contributed by atoms with Crippen LogP contribution in [0.25, 0.3) is 10.1 Å². The molecule has 2 aromatic rings. The average molecular weight is 292 g/mol. The molecule has 0 aliphatic heterocycles. The Morgan fingerprint density at radius 1 is 1.50 bits per heavy atom. The molecule has 2 rings (SSSR count). The van der Waals surface area contributed by atoms with Crippen LogP contribution in [0.4, 0.5) is 0 Å². The molecule has 0 unspecified atom stereocenters. The molecule has 4 heteroatoms. The Kier molecular flexibility index (Phi) is 3.00. The van der Waals surface area contributed by atoms with Gasteiger partial charge in [0, 0.05) is 16.1 Å². The predicted octanol–water partition coefficient (Wildman–Crippen LogP) is 4.46. The van der Waals surface area contributed by atoms with Gasteiger partial charge in [-0.1, -0.05) is 33.6 Å². The summed E-state index contributed by atoms with van der Waals surface area (Å²) in [5.74, 6) is 0.905. The maximum Gasteiger partial charge on any atom is 0.137 e. The molecular formula is C10H8BrClOS. The van der Waals surface area contributed by atoms with Crippen molar-refractivity contribution in [1.82, 2.24) is 0 Å². The minimum atomic E-state index is 0.790. The van der Waals surface area contributed by atoms with Crippen LogP contribution in [0.3, 0.4) is 0 Å². The lowest BCUT2D eigenvalue weighted by atomic mass is 10.1. The molecule has 0 spiro atoms. The van der Waals surface area contributed by atoms with Crippen LogP contribution in [0.5, 0.6) is 5.75 Å². The van der Waals surface area contributed by atoms with E-state index in [1.807, 2.05) is 17.5 Å². The molecule has 1 heterocycles. The second kappa shape index (κ2) is 4.09. The topological polar surface area (TPSA) is 9.23 Å². The smallest absolute Gasteiger partial charge is 0.137 e. The van der Waals surface area contributed by atoms with Gasteiger partial charge < -0.3 is 4.74 Å². The zero-order valence-corrected chi connectivity index (χ0v) is 10.7. The lowest BCUT2D eigenvalue weighted by molar-refractivity contribution is 0.421. The third-order valence-corrected chi connectivity index (χ3v) is 4.11. The Labute approximate surface area is 99.8 Å². The third-order valence-electron chi connectivity index (χ3n) is 2.09. The quantitative estimate of drug-likeness (QED) is 0.742. The van der Waals surface area contributed by atoms with E-state index in [2.05, 4.69) is 15.9 Å². The minimum Gasteiger partial charge on any atom is -0.495 e. The second-order valence-electron chi connectivity index (χ2n) is 2.85. The summed E-state index contributed by atoms with van der Waals surface area (Å²) in [5.41, 5.74) is 1.21. The number of benzene rings is 1. The molecular weight excluding hydrogens is 284 g/mol. The predicted molar refractivity (Wildman–Crippen MR) is 66.0 cm³/mol. The maximum atomic E-state index is 6.10. The van der Waals surface area contributed by atoms with E-state index in [4.69, 9.17) is 16.3 Å². The molecule has 0 atom stereocenters.